The van der Waals surface area contributed by atoms with E-state index in [2.05, 4.69) is 23.0 Å². The molecule has 0 saturated heterocycles. The van der Waals surface area contributed by atoms with Gasteiger partial charge in [-0.1, -0.05) is 18.5 Å². The first-order valence-electron chi connectivity index (χ1n) is 10.3. The van der Waals surface area contributed by atoms with E-state index in [0.29, 0.717) is 17.8 Å². The second-order valence-electron chi connectivity index (χ2n) is 8.25. The molecule has 2 heterocycles. The zero-order chi connectivity index (χ0) is 20.0. The average Bonchev–Trinajstić information content (AvgIpc) is 3.16. The van der Waals surface area contributed by atoms with Crippen molar-refractivity contribution in [3.8, 4) is 0 Å². The van der Waals surface area contributed by atoms with Gasteiger partial charge in [0.2, 0.25) is 0 Å². The highest BCUT2D eigenvalue weighted by Gasteiger charge is 2.29. The standard InChI is InChI=1S/C24H23ClFN3/c1-14(24-28-22-8-6-17(25)12-23(22)29-24)15-2-4-16(5-3-15)19-10-11-27-21-9-7-18(26)13-20(19)21/h6-16H,2-5H2,1H3,(H,28,29)/t14-,15-,16+/m1/s1. The van der Waals surface area contributed by atoms with Crippen molar-refractivity contribution >= 4 is 33.5 Å². The van der Waals surface area contributed by atoms with Gasteiger partial charge < -0.3 is 4.98 Å². The molecule has 0 aliphatic heterocycles. The van der Waals surface area contributed by atoms with Crippen LogP contribution in [0.5, 0.6) is 0 Å². The van der Waals surface area contributed by atoms with Crippen molar-refractivity contribution in [2.24, 2.45) is 5.92 Å². The molecule has 2 aromatic heterocycles. The van der Waals surface area contributed by atoms with Crippen molar-refractivity contribution in [3.63, 3.8) is 0 Å². The highest BCUT2D eigenvalue weighted by Crippen LogP contribution is 2.43. The quantitative estimate of drug-likeness (QED) is 0.398. The minimum atomic E-state index is -0.195. The van der Waals surface area contributed by atoms with Crippen LogP contribution in [0.2, 0.25) is 5.02 Å². The van der Waals surface area contributed by atoms with Gasteiger partial charge in [-0.3, -0.25) is 4.98 Å². The molecule has 1 fully saturated rings. The Labute approximate surface area is 174 Å². The second-order valence-corrected chi connectivity index (χ2v) is 8.68. The molecule has 0 radical (unpaired) electrons. The van der Waals surface area contributed by atoms with Crippen LogP contribution in [0.4, 0.5) is 4.39 Å². The number of aromatic amines is 1. The Hall–Kier alpha value is -2.46. The highest BCUT2D eigenvalue weighted by molar-refractivity contribution is 6.31. The molecule has 0 bridgehead atoms. The van der Waals surface area contributed by atoms with E-state index in [1.54, 1.807) is 12.1 Å². The van der Waals surface area contributed by atoms with Gasteiger partial charge in [-0.15, -0.1) is 0 Å². The lowest BCUT2D eigenvalue weighted by Gasteiger charge is -2.32. The summed E-state index contributed by atoms with van der Waals surface area (Å²) in [7, 11) is 0. The fraction of sp³-hybridized carbons (Fsp3) is 0.333. The molecule has 1 atom stereocenters. The monoisotopic (exact) mass is 407 g/mol. The molecule has 148 valence electrons. The number of halogens is 2. The van der Waals surface area contributed by atoms with Gasteiger partial charge >= 0.3 is 0 Å². The fourth-order valence-corrected chi connectivity index (χ4v) is 5.04. The summed E-state index contributed by atoms with van der Waals surface area (Å²) in [6, 6.07) is 12.7. The number of hydrogen-bond acceptors (Lipinski definition) is 2. The summed E-state index contributed by atoms with van der Waals surface area (Å²) >= 11 is 6.11. The number of aromatic nitrogens is 3. The molecule has 0 unspecified atom stereocenters. The molecule has 0 spiro atoms. The summed E-state index contributed by atoms with van der Waals surface area (Å²) in [4.78, 5) is 12.7. The van der Waals surface area contributed by atoms with E-state index in [-0.39, 0.29) is 5.82 Å². The number of H-pyrrole nitrogens is 1. The van der Waals surface area contributed by atoms with Crippen LogP contribution in [0.25, 0.3) is 21.9 Å². The predicted molar refractivity (Wildman–Crippen MR) is 116 cm³/mol. The van der Waals surface area contributed by atoms with Crippen LogP contribution in [-0.4, -0.2) is 15.0 Å². The van der Waals surface area contributed by atoms with Crippen LogP contribution < -0.4 is 0 Å². The van der Waals surface area contributed by atoms with Gasteiger partial charge in [0, 0.05) is 22.5 Å². The van der Waals surface area contributed by atoms with Gasteiger partial charge in [0.25, 0.3) is 0 Å². The van der Waals surface area contributed by atoms with Crippen molar-refractivity contribution in [1.29, 1.82) is 0 Å². The highest BCUT2D eigenvalue weighted by atomic mass is 35.5. The normalized spacial score (nSPS) is 20.9. The van der Waals surface area contributed by atoms with Crippen molar-refractivity contribution in [3.05, 3.63) is 70.9 Å². The maximum Gasteiger partial charge on any atom is 0.123 e. The largest absolute Gasteiger partial charge is 0.342 e. The van der Waals surface area contributed by atoms with Gasteiger partial charge in [-0.25, -0.2) is 9.37 Å². The van der Waals surface area contributed by atoms with Crippen LogP contribution in [-0.2, 0) is 0 Å². The first-order valence-corrected chi connectivity index (χ1v) is 10.7. The Morgan fingerprint density at radius 1 is 1.03 bits per heavy atom. The van der Waals surface area contributed by atoms with Gasteiger partial charge in [0.15, 0.2) is 0 Å². The summed E-state index contributed by atoms with van der Waals surface area (Å²) in [6.07, 6.45) is 6.35. The number of nitrogens with one attached hydrogen (secondary N) is 1. The smallest absolute Gasteiger partial charge is 0.123 e. The van der Waals surface area contributed by atoms with E-state index in [1.165, 1.54) is 11.6 Å². The summed E-state index contributed by atoms with van der Waals surface area (Å²) in [6.45, 7) is 2.27. The van der Waals surface area contributed by atoms with Crippen molar-refractivity contribution < 1.29 is 4.39 Å². The molecular weight excluding hydrogens is 385 g/mol. The Bertz CT molecular complexity index is 1180. The van der Waals surface area contributed by atoms with Crippen LogP contribution in [0, 0.1) is 11.7 Å². The van der Waals surface area contributed by atoms with Crippen LogP contribution in [0.15, 0.2) is 48.7 Å². The molecule has 1 aliphatic rings. The number of rotatable bonds is 3. The van der Waals surface area contributed by atoms with E-state index in [0.717, 1.165) is 58.5 Å². The fourth-order valence-electron chi connectivity index (χ4n) is 4.87. The molecule has 29 heavy (non-hydrogen) atoms. The first kappa shape index (κ1) is 18.6. The molecule has 3 nitrogen and oxygen atoms in total. The third-order valence-electron chi connectivity index (χ3n) is 6.55. The predicted octanol–water partition coefficient (Wildman–Crippen LogP) is 6.98. The van der Waals surface area contributed by atoms with Gasteiger partial charge in [-0.2, -0.15) is 0 Å². The molecule has 2 aromatic carbocycles. The maximum atomic E-state index is 13.8. The van der Waals surface area contributed by atoms with Gasteiger partial charge in [0.05, 0.1) is 16.6 Å². The number of hydrogen-bond donors (Lipinski definition) is 1. The van der Waals surface area contributed by atoms with Gasteiger partial charge in [-0.05, 0) is 85.5 Å². The SMILES string of the molecule is C[C@@H](c1nc2ccc(Cl)cc2[nH]1)[C@H]1CC[C@@H](c2ccnc3ccc(F)cc32)CC1. The van der Waals surface area contributed by atoms with E-state index in [4.69, 9.17) is 16.6 Å². The number of imidazole rings is 1. The molecule has 0 amide bonds. The van der Waals surface area contributed by atoms with Crippen LogP contribution >= 0.6 is 11.6 Å². The zero-order valence-corrected chi connectivity index (χ0v) is 17.1. The van der Waals surface area contributed by atoms with Crippen LogP contribution in [0.3, 0.4) is 0 Å². The Morgan fingerprint density at radius 2 is 1.83 bits per heavy atom. The number of nitrogens with zero attached hydrogens (tertiary/aromatic N) is 2. The van der Waals surface area contributed by atoms with E-state index >= 15 is 0 Å². The lowest BCUT2D eigenvalue weighted by atomic mass is 9.73. The second kappa shape index (κ2) is 7.42. The minimum absolute atomic E-state index is 0.195. The number of pyridine rings is 1. The third-order valence-corrected chi connectivity index (χ3v) is 6.78. The lowest BCUT2D eigenvalue weighted by Crippen LogP contribution is -2.19. The Kier molecular flexibility index (Phi) is 4.75. The zero-order valence-electron chi connectivity index (χ0n) is 16.3. The molecule has 1 aliphatic carbocycles. The van der Waals surface area contributed by atoms with Crippen molar-refractivity contribution in [2.45, 2.75) is 44.4 Å². The topological polar surface area (TPSA) is 41.6 Å². The Morgan fingerprint density at radius 3 is 2.66 bits per heavy atom. The maximum absolute atomic E-state index is 13.8. The van der Waals surface area contributed by atoms with E-state index in [9.17, 15) is 4.39 Å². The van der Waals surface area contributed by atoms with Crippen molar-refractivity contribution in [1.82, 2.24) is 15.0 Å². The lowest BCUT2D eigenvalue weighted by molar-refractivity contribution is 0.286. The molecule has 5 heteroatoms. The molecule has 4 aromatic rings. The average molecular weight is 408 g/mol. The summed E-state index contributed by atoms with van der Waals surface area (Å²) in [5.41, 5.74) is 4.08. The molecular formula is C24H23ClFN3. The summed E-state index contributed by atoms with van der Waals surface area (Å²) in [5.74, 6) is 2.27. The Balaban J connectivity index is 1.34. The van der Waals surface area contributed by atoms with Gasteiger partial charge in [0.1, 0.15) is 11.6 Å². The van der Waals surface area contributed by atoms with Crippen LogP contribution in [0.1, 0.15) is 55.8 Å². The number of benzene rings is 2. The number of fused-ring (bicyclic) bond motifs is 2. The van der Waals surface area contributed by atoms with E-state index < -0.39 is 0 Å². The molecule has 1 N–H and O–H groups in total. The van der Waals surface area contributed by atoms with Crippen molar-refractivity contribution in [2.75, 3.05) is 0 Å². The summed E-state index contributed by atoms with van der Waals surface area (Å²) < 4.78 is 13.8. The third kappa shape index (κ3) is 3.51. The van der Waals surface area contributed by atoms with E-state index in [1.807, 2.05) is 24.4 Å². The minimum Gasteiger partial charge on any atom is -0.342 e. The molecule has 1 saturated carbocycles. The summed E-state index contributed by atoms with van der Waals surface area (Å²) in [5, 5.41) is 1.68. The first-order chi connectivity index (χ1) is 14.1. The molecule has 5 rings (SSSR count).